The molecule has 23 nitrogen and oxygen atoms in total. The van der Waals surface area contributed by atoms with E-state index in [4.69, 9.17) is 91.6 Å². The van der Waals surface area contributed by atoms with Crippen molar-refractivity contribution in [2.75, 3.05) is 21.3 Å². The molecule has 0 aliphatic carbocycles. The van der Waals surface area contributed by atoms with Crippen LogP contribution in [-0.2, 0) is 90.3 Å². The number of hydrogen-bond donors (Lipinski definition) is 4. The van der Waals surface area contributed by atoms with Crippen LogP contribution in [0.1, 0.15) is 142 Å². The number of ether oxygens (including phenoxy) is 14. The number of aliphatic hydroxyl groups is 4. The summed E-state index contributed by atoms with van der Waals surface area (Å²) in [4.78, 5) is 59.6. The van der Waals surface area contributed by atoms with Crippen LogP contribution in [0, 0.1) is 0 Å². The lowest BCUT2D eigenvalue weighted by Crippen LogP contribution is -2.61. The summed E-state index contributed by atoms with van der Waals surface area (Å²) >= 11 is 25.4. The van der Waals surface area contributed by atoms with Crippen molar-refractivity contribution in [3.05, 3.63) is 30.5 Å². The number of rotatable bonds is 25. The lowest BCUT2D eigenvalue weighted by molar-refractivity contribution is -0.292. The monoisotopic (exact) mass is 1710 g/mol. The van der Waals surface area contributed by atoms with E-state index >= 15 is 0 Å². The van der Waals surface area contributed by atoms with E-state index in [-0.39, 0.29) is 159 Å². The summed E-state index contributed by atoms with van der Waals surface area (Å²) < 4.78 is 84.8. The molecule has 12 saturated heterocycles. The summed E-state index contributed by atoms with van der Waals surface area (Å²) in [5, 5.41) is 42.7. The Morgan fingerprint density at radius 3 is 1.19 bits per heavy atom. The first-order valence-corrected chi connectivity index (χ1v) is 36.4. The molecular weight excluding hydrogens is 1620 g/mol. The number of alkyl halides is 3. The van der Waals surface area contributed by atoms with Crippen molar-refractivity contribution in [2.24, 2.45) is 0 Å². The largest absolute Gasteiger partial charge is 0.469 e. The first-order valence-electron chi connectivity index (χ1n) is 31.9. The number of ketones is 2. The summed E-state index contributed by atoms with van der Waals surface area (Å²) in [6.07, 6.45) is -2.57. The van der Waals surface area contributed by atoms with Gasteiger partial charge in [-0.1, -0.05) is 27.2 Å². The molecule has 0 aromatic rings. The molecule has 12 aliphatic heterocycles. The Balaban J connectivity index is 0.000000178. The average molecular weight is 1720 g/mol. The lowest BCUT2D eigenvalue weighted by atomic mass is 9.87. The highest BCUT2D eigenvalue weighted by molar-refractivity contribution is 14.1. The Morgan fingerprint density at radius 2 is 0.785 bits per heavy atom. The number of Topliss-reactive ketones (excluding diaryl/α,β-unsaturated/α-hetero) is 2. The molecule has 528 valence electrons. The van der Waals surface area contributed by atoms with Gasteiger partial charge in [-0.2, -0.15) is 0 Å². The van der Waals surface area contributed by atoms with Gasteiger partial charge in [0.25, 0.3) is 0 Å². The number of halogens is 6. The predicted octanol–water partition coefficient (Wildman–Crippen LogP) is 7.96. The van der Waals surface area contributed by atoms with Gasteiger partial charge in [-0.3, -0.25) is 24.0 Å². The fourth-order valence-electron chi connectivity index (χ4n) is 14.6. The normalized spacial score (nSPS) is 40.5. The zero-order chi connectivity index (χ0) is 66.5. The minimum atomic E-state index is -1.03. The van der Waals surface area contributed by atoms with Crippen LogP contribution in [0.25, 0.3) is 0 Å². The van der Waals surface area contributed by atoms with E-state index in [9.17, 15) is 44.4 Å². The van der Waals surface area contributed by atoms with Crippen molar-refractivity contribution in [3.63, 3.8) is 0 Å². The molecule has 0 aromatic heterocycles. The first-order chi connectivity index (χ1) is 43.7. The Hall–Kier alpha value is -0.570. The van der Waals surface area contributed by atoms with Crippen molar-refractivity contribution < 1.29 is 111 Å². The number of carbonyl (C=O) groups is 5. The minimum absolute atomic E-state index is 0. The molecule has 0 radical (unpaired) electrons. The maximum absolute atomic E-state index is 12.4. The van der Waals surface area contributed by atoms with Crippen LogP contribution >= 0.6 is 103 Å². The summed E-state index contributed by atoms with van der Waals surface area (Å²) in [5.74, 6) is -1.86. The SMILES string of the molecule is C.C=C(I)C[C@H](Cl)CCC(=O)CC1O[C@@H]2C(O[C@H]3CC[C@H](CC(=O)OC)O[C@@H]3[C@@H]2O)[C@H]1O.C=C(I)C[C@H](Cl)CCC(=O)C[C@@H]1O[C@@H]2C(O[C@H]3CC[C@H](CC(=O)OC)O[C@@H]3[C@@H]2O)[C@H]1O.C=C(I)C[C@H](Cl)CC[C@@]12CC3O[C@H]4[C@@H](O1)[C@H]1O[C@@H](CC(=O)OC)CC[C@@H]1O[C@H]4C3O2. The molecule has 5 unspecified atom stereocenters. The van der Waals surface area contributed by atoms with Crippen molar-refractivity contribution in [3.8, 4) is 0 Å². The Morgan fingerprint density at radius 1 is 0.441 bits per heavy atom. The summed E-state index contributed by atoms with van der Waals surface area (Å²) in [6, 6.07) is 0. The second kappa shape index (κ2) is 35.4. The minimum Gasteiger partial charge on any atom is -0.469 e. The van der Waals surface area contributed by atoms with Gasteiger partial charge in [-0.05, 0) is 156 Å². The topological polar surface area (TPSA) is 295 Å². The summed E-state index contributed by atoms with van der Waals surface area (Å²) in [5.41, 5.74) is 0. The van der Waals surface area contributed by atoms with Crippen molar-refractivity contribution in [2.45, 2.75) is 311 Å². The molecule has 0 aromatic carbocycles. The molecule has 12 heterocycles. The highest BCUT2D eigenvalue weighted by Crippen LogP contribution is 2.54. The van der Waals surface area contributed by atoms with E-state index in [2.05, 4.69) is 97.0 Å². The van der Waals surface area contributed by atoms with E-state index in [0.29, 0.717) is 64.2 Å². The smallest absolute Gasteiger partial charge is 0.308 e. The number of allylic oxidation sites excluding steroid dienone is 3. The molecule has 6 bridgehead atoms. The Kier molecular flexibility index (Phi) is 29.7. The first kappa shape index (κ1) is 78.2. The van der Waals surface area contributed by atoms with Gasteiger partial charge in [-0.25, -0.2) is 0 Å². The fraction of sp³-hybridized carbons (Fsp3) is 0.828. The standard InChI is InChI=1S/2C21H30ClIO8.C21H28ClIO7.CH4/c2*1-10(23)7-11(22)3-4-12(24)8-15-17(26)20-21(31-15)18(27)19-14(30-20)6-5-13(29-19)9-16(25)28-2;1-10(23)7-11(22)5-6-21-9-14-17(29-21)18-19(28-14)20(30-21)16-13(27-18)4-3-12(26-16)8-15(24)25-2;/h2*11,13-15,17-21,26-27H,1,3-9H2,2H3;11-14,16-20H,1,3-9H2,2H3;1H4/t11-,13-,14+,15?,17+,18+,19+,20?,21+;11-,13-,14+,15+,17+,18+,19+,20?,21+;11-,12-,13+,14?,16+,17?,18+,19-,20+,21+;/m111./s1. The highest BCUT2D eigenvalue weighted by Gasteiger charge is 2.69. The molecule has 0 saturated carbocycles. The third kappa shape index (κ3) is 20.0. The third-order valence-corrected chi connectivity index (χ3v) is 21.6. The number of carbonyl (C=O) groups excluding carboxylic acids is 5. The zero-order valence-electron chi connectivity index (χ0n) is 51.9. The van der Waals surface area contributed by atoms with Gasteiger partial charge < -0.3 is 86.7 Å². The van der Waals surface area contributed by atoms with E-state index in [0.717, 1.165) is 36.4 Å². The molecule has 0 amide bonds. The molecule has 4 N–H and O–H groups in total. The Bertz CT molecular complexity index is 2490. The van der Waals surface area contributed by atoms with Gasteiger partial charge in [0.1, 0.15) is 103 Å². The van der Waals surface area contributed by atoms with Crippen LogP contribution in [0.15, 0.2) is 30.5 Å². The second-order valence-electron chi connectivity index (χ2n) is 25.9. The number of esters is 3. The van der Waals surface area contributed by atoms with E-state index in [1.165, 1.54) is 21.3 Å². The van der Waals surface area contributed by atoms with Gasteiger partial charge in [0, 0.05) is 54.7 Å². The number of methoxy groups -OCH3 is 3. The fourth-order valence-corrected chi connectivity index (χ4v) is 17.9. The van der Waals surface area contributed by atoms with Crippen LogP contribution in [0.3, 0.4) is 0 Å². The quantitative estimate of drug-likeness (QED) is 0.0292. The molecule has 0 spiro atoms. The van der Waals surface area contributed by atoms with Crippen LogP contribution in [-0.4, -0.2) is 240 Å². The third-order valence-electron chi connectivity index (χ3n) is 19.1. The van der Waals surface area contributed by atoms with Gasteiger partial charge >= 0.3 is 17.9 Å². The highest BCUT2D eigenvalue weighted by atomic mass is 127. The Labute approximate surface area is 600 Å². The maximum Gasteiger partial charge on any atom is 0.308 e. The molecule has 12 rings (SSSR count). The summed E-state index contributed by atoms with van der Waals surface area (Å²) in [6.45, 7) is 11.6. The number of fused-ring (bicyclic) bond motifs is 5. The predicted molar refractivity (Wildman–Crippen MR) is 363 cm³/mol. The van der Waals surface area contributed by atoms with E-state index < -0.39 is 91.2 Å². The van der Waals surface area contributed by atoms with Gasteiger partial charge in [0.05, 0.1) is 95.5 Å². The van der Waals surface area contributed by atoms with Crippen LogP contribution in [0.2, 0.25) is 0 Å². The molecular formula is C64H92Cl3I3O23. The van der Waals surface area contributed by atoms with Gasteiger partial charge in [0.2, 0.25) is 0 Å². The van der Waals surface area contributed by atoms with Crippen LogP contribution < -0.4 is 0 Å². The van der Waals surface area contributed by atoms with Crippen molar-refractivity contribution in [1.29, 1.82) is 0 Å². The zero-order valence-corrected chi connectivity index (χ0v) is 60.6. The van der Waals surface area contributed by atoms with E-state index in [1.807, 2.05) is 0 Å². The van der Waals surface area contributed by atoms with Crippen molar-refractivity contribution >= 4 is 132 Å². The molecule has 28 atom stereocenters. The number of hydrogen-bond acceptors (Lipinski definition) is 23. The summed E-state index contributed by atoms with van der Waals surface area (Å²) in [7, 11) is 4.04. The van der Waals surface area contributed by atoms with Gasteiger partial charge in [0.15, 0.2) is 5.79 Å². The van der Waals surface area contributed by atoms with Crippen LogP contribution in [0.5, 0.6) is 0 Å². The van der Waals surface area contributed by atoms with Crippen molar-refractivity contribution in [1.82, 2.24) is 0 Å². The van der Waals surface area contributed by atoms with Crippen LogP contribution in [0.4, 0.5) is 0 Å². The second-order valence-corrected chi connectivity index (χ2v) is 32.3. The van der Waals surface area contributed by atoms with Gasteiger partial charge in [-0.15, -0.1) is 34.8 Å². The molecule has 12 aliphatic rings. The maximum atomic E-state index is 12.4. The average Bonchev–Trinajstić information content (AvgIpc) is 1.56. The molecule has 12 fully saturated rings. The molecule has 93 heavy (non-hydrogen) atoms. The van der Waals surface area contributed by atoms with E-state index in [1.54, 1.807) is 0 Å². The molecule has 29 heteroatoms. The lowest BCUT2D eigenvalue weighted by Gasteiger charge is -2.47. The number of aliphatic hydroxyl groups excluding tert-OH is 4.